The summed E-state index contributed by atoms with van der Waals surface area (Å²) in [5.74, 6) is -0.181. The maximum Gasteiger partial charge on any atom is 0.253 e. The standard InChI is InChI=1S/C16H21Cl2N3O2.ClH/c1-10(15(22)20-9-11-4-3-7-19-8-11)21-16(23)12-5-2-6-13(17)14(12)18;/h2,5-6,10-11,19H,3-4,7-9H2,1H3,(H,20,22)(H,21,23);1H. The lowest BCUT2D eigenvalue weighted by atomic mass is 10.00. The van der Waals surface area contributed by atoms with Gasteiger partial charge in [-0.15, -0.1) is 12.4 Å². The molecule has 1 fully saturated rings. The minimum Gasteiger partial charge on any atom is -0.354 e. The quantitative estimate of drug-likeness (QED) is 0.719. The fourth-order valence-corrected chi connectivity index (χ4v) is 2.90. The molecule has 5 nitrogen and oxygen atoms in total. The molecule has 0 aliphatic carbocycles. The van der Waals surface area contributed by atoms with Crippen molar-refractivity contribution in [2.75, 3.05) is 19.6 Å². The van der Waals surface area contributed by atoms with Crippen LogP contribution in [0.3, 0.4) is 0 Å². The second kappa shape index (κ2) is 10.1. The van der Waals surface area contributed by atoms with Crippen LogP contribution in [0, 0.1) is 5.92 Å². The van der Waals surface area contributed by atoms with Crippen LogP contribution in [0.4, 0.5) is 0 Å². The van der Waals surface area contributed by atoms with Gasteiger partial charge in [0.05, 0.1) is 15.6 Å². The molecule has 1 aromatic carbocycles. The van der Waals surface area contributed by atoms with Crippen molar-refractivity contribution in [3.05, 3.63) is 33.8 Å². The van der Waals surface area contributed by atoms with Crippen molar-refractivity contribution in [3.63, 3.8) is 0 Å². The molecule has 1 heterocycles. The van der Waals surface area contributed by atoms with E-state index in [1.807, 2.05) is 0 Å². The van der Waals surface area contributed by atoms with Crippen LogP contribution in [0.15, 0.2) is 18.2 Å². The van der Waals surface area contributed by atoms with Crippen LogP contribution in [0.25, 0.3) is 0 Å². The van der Waals surface area contributed by atoms with Gasteiger partial charge >= 0.3 is 0 Å². The predicted octanol–water partition coefficient (Wildman–Crippen LogP) is 2.65. The van der Waals surface area contributed by atoms with E-state index in [0.29, 0.717) is 17.5 Å². The molecule has 8 heteroatoms. The highest BCUT2D eigenvalue weighted by Gasteiger charge is 2.20. The maximum atomic E-state index is 12.2. The van der Waals surface area contributed by atoms with E-state index < -0.39 is 11.9 Å². The van der Waals surface area contributed by atoms with Crippen LogP contribution in [0.2, 0.25) is 10.0 Å². The molecule has 0 bridgehead atoms. The van der Waals surface area contributed by atoms with Crippen molar-refractivity contribution < 1.29 is 9.59 Å². The molecule has 1 saturated heterocycles. The van der Waals surface area contributed by atoms with Gasteiger partial charge in [0.15, 0.2) is 0 Å². The predicted molar refractivity (Wildman–Crippen MR) is 99.2 cm³/mol. The van der Waals surface area contributed by atoms with Gasteiger partial charge in [-0.05, 0) is 50.9 Å². The zero-order valence-electron chi connectivity index (χ0n) is 13.4. The fourth-order valence-electron chi connectivity index (χ4n) is 2.52. The number of carbonyl (C=O) groups is 2. The summed E-state index contributed by atoms with van der Waals surface area (Å²) >= 11 is 11.9. The highest BCUT2D eigenvalue weighted by Crippen LogP contribution is 2.25. The van der Waals surface area contributed by atoms with Crippen molar-refractivity contribution in [3.8, 4) is 0 Å². The topological polar surface area (TPSA) is 70.2 Å². The lowest BCUT2D eigenvalue weighted by molar-refractivity contribution is -0.122. The molecule has 1 aliphatic heterocycles. The molecule has 1 aromatic rings. The van der Waals surface area contributed by atoms with Gasteiger partial charge in [-0.2, -0.15) is 0 Å². The first-order chi connectivity index (χ1) is 11.0. The molecule has 0 radical (unpaired) electrons. The third-order valence-corrected chi connectivity index (χ3v) is 4.72. The fraction of sp³-hybridized carbons (Fsp3) is 0.500. The average Bonchev–Trinajstić information content (AvgIpc) is 2.55. The van der Waals surface area contributed by atoms with E-state index in [1.165, 1.54) is 0 Å². The number of benzene rings is 1. The molecule has 0 saturated carbocycles. The summed E-state index contributed by atoms with van der Waals surface area (Å²) in [7, 11) is 0. The van der Waals surface area contributed by atoms with Crippen molar-refractivity contribution in [1.82, 2.24) is 16.0 Å². The monoisotopic (exact) mass is 393 g/mol. The van der Waals surface area contributed by atoms with Crippen molar-refractivity contribution in [1.29, 1.82) is 0 Å². The Kier molecular flexibility index (Phi) is 8.84. The maximum absolute atomic E-state index is 12.2. The number of carbonyl (C=O) groups excluding carboxylic acids is 2. The molecule has 134 valence electrons. The SMILES string of the molecule is CC(NC(=O)c1cccc(Cl)c1Cl)C(=O)NCC1CCCNC1.Cl. The van der Waals surface area contributed by atoms with E-state index in [4.69, 9.17) is 23.2 Å². The molecule has 2 amide bonds. The van der Waals surface area contributed by atoms with E-state index in [0.717, 1.165) is 25.9 Å². The Morgan fingerprint density at radius 1 is 1.38 bits per heavy atom. The summed E-state index contributed by atoms with van der Waals surface area (Å²) in [5, 5.41) is 9.32. The van der Waals surface area contributed by atoms with Gasteiger partial charge in [-0.25, -0.2) is 0 Å². The lowest BCUT2D eigenvalue weighted by Crippen LogP contribution is -2.47. The van der Waals surface area contributed by atoms with Gasteiger partial charge in [-0.3, -0.25) is 9.59 Å². The number of nitrogens with one attached hydrogen (secondary N) is 3. The first-order valence-corrected chi connectivity index (χ1v) is 8.48. The van der Waals surface area contributed by atoms with E-state index in [2.05, 4.69) is 16.0 Å². The Morgan fingerprint density at radius 3 is 2.79 bits per heavy atom. The average molecular weight is 395 g/mol. The summed E-state index contributed by atoms with van der Waals surface area (Å²) in [6.07, 6.45) is 2.23. The van der Waals surface area contributed by atoms with Crippen molar-refractivity contribution in [2.45, 2.75) is 25.8 Å². The molecule has 0 aromatic heterocycles. The van der Waals surface area contributed by atoms with Crippen LogP contribution < -0.4 is 16.0 Å². The van der Waals surface area contributed by atoms with E-state index in [9.17, 15) is 9.59 Å². The Labute approximate surface area is 158 Å². The van der Waals surface area contributed by atoms with E-state index in [-0.39, 0.29) is 28.9 Å². The molecule has 2 rings (SSSR count). The molecule has 24 heavy (non-hydrogen) atoms. The van der Waals surface area contributed by atoms with Gasteiger partial charge in [0, 0.05) is 6.54 Å². The normalized spacial score (nSPS) is 18.2. The highest BCUT2D eigenvalue weighted by molar-refractivity contribution is 6.43. The Balaban J connectivity index is 0.00000288. The molecule has 1 aliphatic rings. The Hall–Kier alpha value is -1.01. The number of amides is 2. The summed E-state index contributed by atoms with van der Waals surface area (Å²) in [6, 6.07) is 4.18. The second-order valence-corrected chi connectivity index (χ2v) is 6.54. The molecule has 3 N–H and O–H groups in total. The molecule has 2 unspecified atom stereocenters. The molecular weight excluding hydrogens is 373 g/mol. The number of hydrogen-bond donors (Lipinski definition) is 3. The number of rotatable bonds is 5. The summed E-state index contributed by atoms with van der Waals surface area (Å²) in [5.41, 5.74) is 0.260. The van der Waals surface area contributed by atoms with Crippen LogP contribution in [-0.2, 0) is 4.79 Å². The van der Waals surface area contributed by atoms with E-state index in [1.54, 1.807) is 25.1 Å². The van der Waals surface area contributed by atoms with Crippen LogP contribution in [0.1, 0.15) is 30.1 Å². The minimum absolute atomic E-state index is 0. The van der Waals surface area contributed by atoms with Crippen LogP contribution >= 0.6 is 35.6 Å². The van der Waals surface area contributed by atoms with Crippen molar-refractivity contribution in [2.24, 2.45) is 5.92 Å². The van der Waals surface area contributed by atoms with Crippen LogP contribution in [-0.4, -0.2) is 37.5 Å². The Morgan fingerprint density at radius 2 is 2.12 bits per heavy atom. The highest BCUT2D eigenvalue weighted by atomic mass is 35.5. The summed E-state index contributed by atoms with van der Waals surface area (Å²) in [4.78, 5) is 24.3. The Bertz CT molecular complexity index is 578. The summed E-state index contributed by atoms with van der Waals surface area (Å²) in [6.45, 7) is 4.21. The largest absolute Gasteiger partial charge is 0.354 e. The summed E-state index contributed by atoms with van der Waals surface area (Å²) < 4.78 is 0. The number of hydrogen-bond acceptors (Lipinski definition) is 3. The van der Waals surface area contributed by atoms with Gasteiger partial charge in [0.25, 0.3) is 5.91 Å². The minimum atomic E-state index is -0.644. The van der Waals surface area contributed by atoms with Gasteiger partial charge in [0.2, 0.25) is 5.91 Å². The third-order valence-electron chi connectivity index (χ3n) is 3.90. The van der Waals surface area contributed by atoms with Gasteiger partial charge in [-0.1, -0.05) is 29.3 Å². The first kappa shape index (κ1) is 21.0. The zero-order valence-corrected chi connectivity index (χ0v) is 15.7. The van der Waals surface area contributed by atoms with Gasteiger partial charge < -0.3 is 16.0 Å². The number of halogens is 3. The zero-order chi connectivity index (χ0) is 16.8. The third kappa shape index (κ3) is 5.81. The second-order valence-electron chi connectivity index (χ2n) is 5.75. The first-order valence-electron chi connectivity index (χ1n) is 7.72. The van der Waals surface area contributed by atoms with Crippen LogP contribution in [0.5, 0.6) is 0 Å². The van der Waals surface area contributed by atoms with E-state index >= 15 is 0 Å². The molecule has 0 spiro atoms. The van der Waals surface area contributed by atoms with Crippen molar-refractivity contribution >= 4 is 47.4 Å². The molecule has 2 atom stereocenters. The van der Waals surface area contributed by atoms with Gasteiger partial charge in [0.1, 0.15) is 6.04 Å². The number of piperidine rings is 1. The molecular formula is C16H22Cl3N3O2. The lowest BCUT2D eigenvalue weighted by Gasteiger charge is -2.23. The smallest absolute Gasteiger partial charge is 0.253 e.